The standard InChI is InChI=1S/C12H9ClN2O4S/c1-2-3-10(12(16)17)15-20(18,19)11-6-9(13)5-4-8(11)7-14/h1,4-6,10,15H,3H2,(H,16,17). The summed E-state index contributed by atoms with van der Waals surface area (Å²) in [5.74, 6) is 0.654. The number of carbonyl (C=O) groups is 1. The highest BCUT2D eigenvalue weighted by Gasteiger charge is 2.26. The molecule has 0 saturated heterocycles. The van der Waals surface area contributed by atoms with Crippen LogP contribution in [0.3, 0.4) is 0 Å². The third-order valence-electron chi connectivity index (χ3n) is 2.27. The number of rotatable bonds is 5. The molecule has 0 bridgehead atoms. The summed E-state index contributed by atoms with van der Waals surface area (Å²) in [5.41, 5.74) is -0.147. The zero-order valence-corrected chi connectivity index (χ0v) is 11.6. The molecule has 0 aliphatic rings. The Kier molecular flexibility index (Phi) is 5.12. The van der Waals surface area contributed by atoms with Gasteiger partial charge < -0.3 is 5.11 Å². The number of benzene rings is 1. The SMILES string of the molecule is C#CCC(NS(=O)(=O)c1cc(Cl)ccc1C#N)C(=O)O. The summed E-state index contributed by atoms with van der Waals surface area (Å²) in [6.45, 7) is 0. The van der Waals surface area contributed by atoms with Gasteiger partial charge in [-0.1, -0.05) is 11.6 Å². The number of aliphatic carboxylic acids is 1. The predicted molar refractivity (Wildman–Crippen MR) is 71.4 cm³/mol. The van der Waals surface area contributed by atoms with Crippen LogP contribution >= 0.6 is 11.6 Å². The van der Waals surface area contributed by atoms with Gasteiger partial charge in [0.25, 0.3) is 0 Å². The van der Waals surface area contributed by atoms with E-state index >= 15 is 0 Å². The molecule has 0 saturated carbocycles. The van der Waals surface area contributed by atoms with E-state index < -0.39 is 26.9 Å². The van der Waals surface area contributed by atoms with Crippen molar-refractivity contribution in [2.75, 3.05) is 0 Å². The van der Waals surface area contributed by atoms with Crippen LogP contribution in [0.1, 0.15) is 12.0 Å². The van der Waals surface area contributed by atoms with Gasteiger partial charge in [0, 0.05) is 11.4 Å². The smallest absolute Gasteiger partial charge is 0.322 e. The Morgan fingerprint density at radius 3 is 2.70 bits per heavy atom. The summed E-state index contributed by atoms with van der Waals surface area (Å²) in [6, 6.07) is 3.87. The molecule has 0 aromatic heterocycles. The lowest BCUT2D eigenvalue weighted by Gasteiger charge is -2.13. The first-order valence-electron chi connectivity index (χ1n) is 5.20. The maximum absolute atomic E-state index is 12.1. The molecule has 0 radical (unpaired) electrons. The number of nitrogens with zero attached hydrogens (tertiary/aromatic N) is 1. The zero-order chi connectivity index (χ0) is 15.3. The Labute approximate surface area is 121 Å². The minimum atomic E-state index is -4.23. The van der Waals surface area contributed by atoms with Crippen molar-refractivity contribution in [3.8, 4) is 18.4 Å². The summed E-state index contributed by atoms with van der Waals surface area (Å²) in [7, 11) is -4.23. The Balaban J connectivity index is 3.24. The number of nitriles is 1. The number of hydrogen-bond acceptors (Lipinski definition) is 4. The van der Waals surface area contributed by atoms with E-state index in [2.05, 4.69) is 5.92 Å². The van der Waals surface area contributed by atoms with E-state index in [1.807, 2.05) is 4.72 Å². The molecule has 0 heterocycles. The molecule has 1 aromatic carbocycles. The maximum Gasteiger partial charge on any atom is 0.322 e. The van der Waals surface area contributed by atoms with Crippen LogP contribution in [0.2, 0.25) is 5.02 Å². The lowest BCUT2D eigenvalue weighted by atomic mass is 10.2. The number of halogens is 1. The van der Waals surface area contributed by atoms with Gasteiger partial charge in [-0.15, -0.1) is 12.3 Å². The van der Waals surface area contributed by atoms with Crippen molar-refractivity contribution in [1.29, 1.82) is 5.26 Å². The molecule has 0 aliphatic heterocycles. The van der Waals surface area contributed by atoms with Gasteiger partial charge >= 0.3 is 5.97 Å². The molecule has 6 nitrogen and oxygen atoms in total. The average Bonchev–Trinajstić information content (AvgIpc) is 2.38. The van der Waals surface area contributed by atoms with Crippen molar-refractivity contribution in [2.24, 2.45) is 0 Å². The van der Waals surface area contributed by atoms with Crippen LogP contribution in [0.15, 0.2) is 23.1 Å². The van der Waals surface area contributed by atoms with E-state index in [9.17, 15) is 13.2 Å². The predicted octanol–water partition coefficient (Wildman–Crippen LogP) is 0.966. The van der Waals surface area contributed by atoms with E-state index in [4.69, 9.17) is 28.4 Å². The summed E-state index contributed by atoms with van der Waals surface area (Å²) < 4.78 is 26.1. The highest BCUT2D eigenvalue weighted by Crippen LogP contribution is 2.20. The first kappa shape index (κ1) is 16.0. The van der Waals surface area contributed by atoms with Crippen LogP contribution < -0.4 is 4.72 Å². The van der Waals surface area contributed by atoms with Crippen LogP contribution in [0.25, 0.3) is 0 Å². The first-order valence-corrected chi connectivity index (χ1v) is 7.06. The highest BCUT2D eigenvalue weighted by atomic mass is 35.5. The van der Waals surface area contributed by atoms with E-state index in [0.717, 1.165) is 6.07 Å². The van der Waals surface area contributed by atoms with Crippen LogP contribution in [-0.2, 0) is 14.8 Å². The third-order valence-corrected chi connectivity index (χ3v) is 4.02. The second-order valence-electron chi connectivity index (χ2n) is 3.67. The van der Waals surface area contributed by atoms with E-state index in [-0.39, 0.29) is 17.0 Å². The number of nitrogens with one attached hydrogen (secondary N) is 1. The molecule has 0 aliphatic carbocycles. The highest BCUT2D eigenvalue weighted by molar-refractivity contribution is 7.89. The maximum atomic E-state index is 12.1. The molecule has 104 valence electrons. The molecule has 0 spiro atoms. The van der Waals surface area contributed by atoms with Gasteiger partial charge in [0.15, 0.2) is 0 Å². The van der Waals surface area contributed by atoms with Crippen molar-refractivity contribution in [1.82, 2.24) is 4.72 Å². The first-order chi connectivity index (χ1) is 9.31. The minimum absolute atomic E-state index is 0.105. The largest absolute Gasteiger partial charge is 0.480 e. The van der Waals surface area contributed by atoms with E-state index in [0.29, 0.717) is 0 Å². The van der Waals surface area contributed by atoms with Crippen LogP contribution in [0.4, 0.5) is 0 Å². The van der Waals surface area contributed by atoms with Gasteiger partial charge in [0.2, 0.25) is 10.0 Å². The summed E-state index contributed by atoms with van der Waals surface area (Å²) in [6.07, 6.45) is 4.66. The summed E-state index contributed by atoms with van der Waals surface area (Å²) in [4.78, 5) is 10.5. The Morgan fingerprint density at radius 2 is 2.20 bits per heavy atom. The Hall–Kier alpha value is -2.06. The fourth-order valence-corrected chi connectivity index (χ4v) is 2.97. The number of carboxylic acids is 1. The van der Waals surface area contributed by atoms with Crippen molar-refractivity contribution in [2.45, 2.75) is 17.4 Å². The van der Waals surface area contributed by atoms with Crippen molar-refractivity contribution < 1.29 is 18.3 Å². The van der Waals surface area contributed by atoms with Gasteiger partial charge in [0.05, 0.1) is 5.56 Å². The summed E-state index contributed by atoms with van der Waals surface area (Å²) >= 11 is 5.69. The summed E-state index contributed by atoms with van der Waals surface area (Å²) in [5, 5.41) is 17.9. The molecule has 1 rings (SSSR count). The quantitative estimate of drug-likeness (QED) is 0.788. The number of terminal acetylenes is 1. The number of hydrogen-bond donors (Lipinski definition) is 2. The average molecular weight is 313 g/mol. The molecule has 1 atom stereocenters. The molecular formula is C12H9ClN2O4S. The molecular weight excluding hydrogens is 304 g/mol. The van der Waals surface area contributed by atoms with Crippen LogP contribution in [0, 0.1) is 23.7 Å². The van der Waals surface area contributed by atoms with Crippen LogP contribution in [-0.4, -0.2) is 25.5 Å². The fraction of sp³-hybridized carbons (Fsp3) is 0.167. The molecule has 0 fully saturated rings. The molecule has 1 aromatic rings. The lowest BCUT2D eigenvalue weighted by Crippen LogP contribution is -2.40. The van der Waals surface area contributed by atoms with E-state index in [1.165, 1.54) is 12.1 Å². The van der Waals surface area contributed by atoms with Gasteiger partial charge in [-0.05, 0) is 18.2 Å². The Morgan fingerprint density at radius 1 is 1.55 bits per heavy atom. The molecule has 1 unspecified atom stereocenters. The van der Waals surface area contributed by atoms with Crippen molar-refractivity contribution >= 4 is 27.6 Å². The topological polar surface area (TPSA) is 107 Å². The minimum Gasteiger partial charge on any atom is -0.480 e. The zero-order valence-electron chi connectivity index (χ0n) is 10.00. The second kappa shape index (κ2) is 6.40. The van der Waals surface area contributed by atoms with Gasteiger partial charge in [-0.2, -0.15) is 9.98 Å². The van der Waals surface area contributed by atoms with Gasteiger partial charge in [-0.25, -0.2) is 8.42 Å². The lowest BCUT2D eigenvalue weighted by molar-refractivity contribution is -0.138. The van der Waals surface area contributed by atoms with Crippen molar-refractivity contribution in [3.63, 3.8) is 0 Å². The number of sulfonamides is 1. The Bertz CT molecular complexity index is 716. The van der Waals surface area contributed by atoms with Crippen molar-refractivity contribution in [3.05, 3.63) is 28.8 Å². The third kappa shape index (κ3) is 3.72. The molecule has 20 heavy (non-hydrogen) atoms. The monoisotopic (exact) mass is 312 g/mol. The van der Waals surface area contributed by atoms with Gasteiger partial charge in [-0.3, -0.25) is 4.79 Å². The van der Waals surface area contributed by atoms with Crippen LogP contribution in [0.5, 0.6) is 0 Å². The normalized spacial score (nSPS) is 12.2. The van der Waals surface area contributed by atoms with Gasteiger partial charge in [0.1, 0.15) is 17.0 Å². The number of carboxylic acid groups (broad SMARTS) is 1. The molecule has 8 heteroatoms. The fourth-order valence-electron chi connectivity index (χ4n) is 1.36. The second-order valence-corrected chi connectivity index (χ2v) is 5.79. The van der Waals surface area contributed by atoms with E-state index in [1.54, 1.807) is 6.07 Å². The molecule has 2 N–H and O–H groups in total. The molecule has 0 amide bonds.